The first-order chi connectivity index (χ1) is 12.0. The number of anilines is 1. The van der Waals surface area contributed by atoms with Crippen molar-refractivity contribution in [1.82, 2.24) is 9.55 Å². The summed E-state index contributed by atoms with van der Waals surface area (Å²) in [5.41, 5.74) is -5.45. The molecule has 2 aromatic rings. The lowest BCUT2D eigenvalue weighted by Crippen LogP contribution is -2.36. The Balaban J connectivity index is 2.61. The molecule has 0 aliphatic heterocycles. The zero-order valence-corrected chi connectivity index (χ0v) is 13.7. The Morgan fingerprint density at radius 3 is 2.50 bits per heavy atom. The molecular formula is C14H10ClF4N3O4. The first-order valence-corrected chi connectivity index (χ1v) is 7.29. The largest absolute Gasteiger partial charge is 0.450 e. The number of ether oxygens (including phenoxy) is 1. The lowest BCUT2D eigenvalue weighted by atomic mass is 10.2. The van der Waals surface area contributed by atoms with Gasteiger partial charge in [0.15, 0.2) is 0 Å². The van der Waals surface area contributed by atoms with E-state index in [1.807, 2.05) is 0 Å². The molecule has 0 spiro atoms. The summed E-state index contributed by atoms with van der Waals surface area (Å²) in [4.78, 5) is 36.7. The van der Waals surface area contributed by atoms with Gasteiger partial charge in [-0.05, 0) is 19.1 Å². The van der Waals surface area contributed by atoms with Gasteiger partial charge < -0.3 is 9.72 Å². The van der Waals surface area contributed by atoms with Crippen molar-refractivity contribution in [3.05, 3.63) is 55.6 Å². The summed E-state index contributed by atoms with van der Waals surface area (Å²) >= 11 is 5.77. The maximum absolute atomic E-state index is 14.1. The molecule has 12 heteroatoms. The molecule has 0 atom stereocenters. The van der Waals surface area contributed by atoms with Crippen LogP contribution in [0.1, 0.15) is 12.6 Å². The normalized spacial score (nSPS) is 11.3. The number of aromatic amines is 1. The monoisotopic (exact) mass is 395 g/mol. The highest BCUT2D eigenvalue weighted by atomic mass is 35.5. The molecule has 26 heavy (non-hydrogen) atoms. The quantitative estimate of drug-likeness (QED) is 0.781. The lowest BCUT2D eigenvalue weighted by molar-refractivity contribution is -0.141. The first-order valence-electron chi connectivity index (χ1n) is 6.91. The van der Waals surface area contributed by atoms with E-state index in [4.69, 9.17) is 11.6 Å². The summed E-state index contributed by atoms with van der Waals surface area (Å²) in [5.74, 6) is -1.17. The van der Waals surface area contributed by atoms with Gasteiger partial charge in [0.2, 0.25) is 0 Å². The zero-order chi connectivity index (χ0) is 19.6. The number of hydrogen-bond donors (Lipinski definition) is 2. The van der Waals surface area contributed by atoms with Gasteiger partial charge in [-0.25, -0.2) is 18.5 Å². The third-order valence-electron chi connectivity index (χ3n) is 3.03. The van der Waals surface area contributed by atoms with Gasteiger partial charge in [-0.2, -0.15) is 13.2 Å². The SMILES string of the molecule is CCOC(=O)Nc1cc(-n2c(=O)cc(C(F)(F)F)[nH]c2=O)c(F)cc1Cl. The minimum Gasteiger partial charge on any atom is -0.450 e. The number of aromatic nitrogens is 2. The maximum Gasteiger partial charge on any atom is 0.431 e. The Morgan fingerprint density at radius 1 is 1.31 bits per heavy atom. The van der Waals surface area contributed by atoms with E-state index < -0.39 is 40.7 Å². The van der Waals surface area contributed by atoms with Gasteiger partial charge in [0.05, 0.1) is 23.0 Å². The molecule has 0 aliphatic carbocycles. The summed E-state index contributed by atoms with van der Waals surface area (Å²) < 4.78 is 56.8. The summed E-state index contributed by atoms with van der Waals surface area (Å²) in [5, 5.41) is 1.87. The second-order valence-electron chi connectivity index (χ2n) is 4.79. The summed E-state index contributed by atoms with van der Waals surface area (Å²) in [7, 11) is 0. The average molecular weight is 396 g/mol. The molecular weight excluding hydrogens is 386 g/mol. The number of hydrogen-bond acceptors (Lipinski definition) is 4. The lowest BCUT2D eigenvalue weighted by Gasteiger charge is -2.12. The number of nitrogens with zero attached hydrogens (tertiary/aromatic N) is 1. The van der Waals surface area contributed by atoms with E-state index in [9.17, 15) is 31.9 Å². The molecule has 0 unspecified atom stereocenters. The molecule has 1 amide bonds. The highest BCUT2D eigenvalue weighted by molar-refractivity contribution is 6.33. The minimum atomic E-state index is -4.97. The van der Waals surface area contributed by atoms with Gasteiger partial charge >= 0.3 is 18.0 Å². The fourth-order valence-electron chi connectivity index (χ4n) is 1.96. The highest BCUT2D eigenvalue weighted by Crippen LogP contribution is 2.28. The molecule has 2 N–H and O–H groups in total. The van der Waals surface area contributed by atoms with Gasteiger partial charge in [0.1, 0.15) is 11.5 Å². The van der Waals surface area contributed by atoms with Gasteiger partial charge in [-0.15, -0.1) is 0 Å². The number of carbonyl (C=O) groups excluding carboxylic acids is 1. The molecule has 1 aromatic carbocycles. The predicted molar refractivity (Wildman–Crippen MR) is 83.3 cm³/mol. The predicted octanol–water partition coefficient (Wildman–Crippen LogP) is 2.91. The molecule has 0 saturated heterocycles. The standard InChI is InChI=1S/C14H10ClF4N3O4/c1-2-26-13(25)20-8-4-9(7(16)3-6(8)15)22-11(23)5-10(14(17,18)19)21-12(22)24/h3-5H,2H2,1H3,(H,20,25)(H,21,24). The summed E-state index contributed by atoms with van der Waals surface area (Å²) in [6.07, 6.45) is -5.91. The Morgan fingerprint density at radius 2 is 1.96 bits per heavy atom. The van der Waals surface area contributed by atoms with Crippen LogP contribution in [0.15, 0.2) is 27.8 Å². The van der Waals surface area contributed by atoms with E-state index in [0.29, 0.717) is 6.07 Å². The summed E-state index contributed by atoms with van der Waals surface area (Å²) in [6, 6.07) is 1.61. The van der Waals surface area contributed by atoms with Crippen molar-refractivity contribution in [3.63, 3.8) is 0 Å². The van der Waals surface area contributed by atoms with Crippen molar-refractivity contribution in [3.8, 4) is 5.69 Å². The third-order valence-corrected chi connectivity index (χ3v) is 3.34. The van der Waals surface area contributed by atoms with Crippen LogP contribution in [0, 0.1) is 5.82 Å². The van der Waals surface area contributed by atoms with Crippen LogP contribution in [-0.4, -0.2) is 22.3 Å². The van der Waals surface area contributed by atoms with Crippen molar-refractivity contribution in [2.75, 3.05) is 11.9 Å². The topological polar surface area (TPSA) is 93.2 Å². The Bertz CT molecular complexity index is 937. The molecule has 1 aromatic heterocycles. The van der Waals surface area contributed by atoms with Crippen molar-refractivity contribution in [1.29, 1.82) is 0 Å². The number of halogens is 5. The minimum absolute atomic E-state index is 0.0233. The van der Waals surface area contributed by atoms with Gasteiger partial charge in [0.25, 0.3) is 5.56 Å². The van der Waals surface area contributed by atoms with E-state index in [-0.39, 0.29) is 28.0 Å². The van der Waals surface area contributed by atoms with Gasteiger partial charge in [0, 0.05) is 6.07 Å². The second-order valence-corrected chi connectivity index (χ2v) is 5.20. The number of benzene rings is 1. The molecule has 140 valence electrons. The molecule has 7 nitrogen and oxygen atoms in total. The smallest absolute Gasteiger partial charge is 0.431 e. The van der Waals surface area contributed by atoms with Gasteiger partial charge in [-0.1, -0.05) is 11.6 Å². The Hall–Kier alpha value is -2.82. The van der Waals surface area contributed by atoms with E-state index in [1.54, 1.807) is 0 Å². The van der Waals surface area contributed by atoms with Crippen LogP contribution < -0.4 is 16.6 Å². The fraction of sp³-hybridized carbons (Fsp3) is 0.214. The fourth-order valence-corrected chi connectivity index (χ4v) is 2.16. The Kier molecular flexibility index (Phi) is 5.40. The summed E-state index contributed by atoms with van der Waals surface area (Å²) in [6.45, 7) is 1.55. The first kappa shape index (κ1) is 19.5. The molecule has 0 aliphatic rings. The number of nitrogens with one attached hydrogen (secondary N) is 2. The molecule has 0 radical (unpaired) electrons. The zero-order valence-electron chi connectivity index (χ0n) is 12.9. The second kappa shape index (κ2) is 7.20. The van der Waals surface area contributed by atoms with Crippen LogP contribution in [0.3, 0.4) is 0 Å². The van der Waals surface area contributed by atoms with E-state index in [2.05, 4.69) is 10.1 Å². The number of amides is 1. The van der Waals surface area contributed by atoms with E-state index in [1.165, 1.54) is 11.9 Å². The average Bonchev–Trinajstić information content (AvgIpc) is 2.50. The molecule has 0 saturated carbocycles. The Labute approximate surface area is 147 Å². The van der Waals surface area contributed by atoms with E-state index >= 15 is 0 Å². The molecule has 2 rings (SSSR count). The third kappa shape index (κ3) is 4.04. The van der Waals surface area contributed by atoms with Crippen LogP contribution in [0.5, 0.6) is 0 Å². The number of carbonyl (C=O) groups is 1. The number of H-pyrrole nitrogens is 1. The number of alkyl halides is 3. The van der Waals surface area contributed by atoms with Crippen LogP contribution in [0.4, 0.5) is 28.0 Å². The van der Waals surface area contributed by atoms with Gasteiger partial charge in [-0.3, -0.25) is 10.1 Å². The van der Waals surface area contributed by atoms with E-state index in [0.717, 1.165) is 6.07 Å². The highest BCUT2D eigenvalue weighted by Gasteiger charge is 2.33. The van der Waals surface area contributed by atoms with Crippen LogP contribution in [0.25, 0.3) is 5.69 Å². The van der Waals surface area contributed by atoms with Crippen LogP contribution >= 0.6 is 11.6 Å². The molecule has 0 bridgehead atoms. The number of rotatable bonds is 3. The van der Waals surface area contributed by atoms with Crippen molar-refractivity contribution < 1.29 is 27.1 Å². The van der Waals surface area contributed by atoms with Crippen molar-refractivity contribution in [2.45, 2.75) is 13.1 Å². The molecule has 0 fully saturated rings. The van der Waals surface area contributed by atoms with Crippen molar-refractivity contribution >= 4 is 23.4 Å². The van der Waals surface area contributed by atoms with Crippen molar-refractivity contribution in [2.24, 2.45) is 0 Å². The maximum atomic E-state index is 14.1. The molecule has 1 heterocycles. The van der Waals surface area contributed by atoms with Crippen LogP contribution in [-0.2, 0) is 10.9 Å². The van der Waals surface area contributed by atoms with Crippen LogP contribution in [0.2, 0.25) is 5.02 Å².